The zero-order valence-electron chi connectivity index (χ0n) is 13.9. The molecule has 1 aliphatic carbocycles. The molecule has 0 amide bonds. The number of nitrogens with zero attached hydrogens (tertiary/aromatic N) is 1. The number of nitrogens with two attached hydrogens (primary N) is 1. The van der Waals surface area contributed by atoms with Crippen LogP contribution in [0.15, 0.2) is 23.2 Å². The fourth-order valence-corrected chi connectivity index (χ4v) is 4.36. The molecule has 1 aliphatic heterocycles. The van der Waals surface area contributed by atoms with Crippen molar-refractivity contribution in [3.05, 3.63) is 33.8 Å². The summed E-state index contributed by atoms with van der Waals surface area (Å²) in [6.45, 7) is 2.04. The van der Waals surface area contributed by atoms with Crippen LogP contribution in [0.25, 0.3) is 0 Å². The minimum absolute atomic E-state index is 0.137. The van der Waals surface area contributed by atoms with Gasteiger partial charge in [-0.3, -0.25) is 4.99 Å². The van der Waals surface area contributed by atoms with E-state index < -0.39 is 0 Å². The van der Waals surface area contributed by atoms with Crippen molar-refractivity contribution in [1.29, 1.82) is 0 Å². The number of rotatable bonds is 4. The van der Waals surface area contributed by atoms with Gasteiger partial charge in [0.15, 0.2) is 5.96 Å². The highest BCUT2D eigenvalue weighted by Crippen LogP contribution is 2.39. The Morgan fingerprint density at radius 3 is 2.62 bits per heavy atom. The highest BCUT2D eigenvalue weighted by molar-refractivity contribution is 6.35. The van der Waals surface area contributed by atoms with Crippen LogP contribution in [0.2, 0.25) is 10.0 Å². The van der Waals surface area contributed by atoms with Crippen LogP contribution in [-0.4, -0.2) is 31.8 Å². The summed E-state index contributed by atoms with van der Waals surface area (Å²) in [5.74, 6) is 0.540. The molecule has 24 heavy (non-hydrogen) atoms. The molecule has 1 saturated heterocycles. The quantitative estimate of drug-likeness (QED) is 0.625. The van der Waals surface area contributed by atoms with Gasteiger partial charge >= 0.3 is 0 Å². The topological polar surface area (TPSA) is 59.6 Å². The Morgan fingerprint density at radius 1 is 1.25 bits per heavy atom. The van der Waals surface area contributed by atoms with Gasteiger partial charge in [0.05, 0.1) is 6.54 Å². The van der Waals surface area contributed by atoms with E-state index in [1.807, 2.05) is 12.1 Å². The van der Waals surface area contributed by atoms with Gasteiger partial charge in [0, 0.05) is 34.7 Å². The smallest absolute Gasteiger partial charge is 0.188 e. The normalized spacial score (nSPS) is 21.8. The van der Waals surface area contributed by atoms with Crippen LogP contribution in [0.5, 0.6) is 0 Å². The third kappa shape index (κ3) is 4.16. The van der Waals surface area contributed by atoms with Crippen LogP contribution in [0.1, 0.15) is 44.1 Å². The van der Waals surface area contributed by atoms with E-state index in [4.69, 9.17) is 33.7 Å². The van der Waals surface area contributed by atoms with Gasteiger partial charge in [0.25, 0.3) is 0 Å². The maximum atomic E-state index is 6.48. The fourth-order valence-electron chi connectivity index (χ4n) is 3.76. The summed E-state index contributed by atoms with van der Waals surface area (Å²) in [5.41, 5.74) is 7.08. The number of guanidine groups is 1. The van der Waals surface area contributed by atoms with Gasteiger partial charge < -0.3 is 15.8 Å². The zero-order valence-corrected chi connectivity index (χ0v) is 15.4. The summed E-state index contributed by atoms with van der Waals surface area (Å²) < 4.78 is 5.56. The molecule has 1 saturated carbocycles. The standard InChI is InChI=1S/C18H25Cl2N3O/c19-13-5-6-15(16(20)11-13)18(7-9-24-10-8-18)12-22-17(21)23-14-3-1-2-4-14/h5-6,11,14H,1-4,7-10,12H2,(H3,21,22,23). The predicted octanol–water partition coefficient (Wildman–Crippen LogP) is 3.89. The lowest BCUT2D eigenvalue weighted by Gasteiger charge is -2.37. The second-order valence-electron chi connectivity index (χ2n) is 6.84. The Balaban J connectivity index is 1.78. The lowest BCUT2D eigenvalue weighted by Crippen LogP contribution is -2.41. The number of ether oxygens (including phenoxy) is 1. The molecular formula is C18H25Cl2N3O. The summed E-state index contributed by atoms with van der Waals surface area (Å²) in [4.78, 5) is 4.66. The minimum atomic E-state index is -0.137. The first kappa shape index (κ1) is 17.8. The van der Waals surface area contributed by atoms with Gasteiger partial charge in [-0.1, -0.05) is 42.1 Å². The molecule has 4 nitrogen and oxygen atoms in total. The second kappa shape index (κ2) is 7.94. The summed E-state index contributed by atoms with van der Waals surface area (Å²) in [7, 11) is 0. The Bertz CT molecular complexity index is 594. The summed E-state index contributed by atoms with van der Waals surface area (Å²) in [6, 6.07) is 6.19. The zero-order chi connectivity index (χ0) is 17.0. The van der Waals surface area contributed by atoms with Crippen LogP contribution in [-0.2, 0) is 10.2 Å². The van der Waals surface area contributed by atoms with E-state index in [1.165, 1.54) is 25.7 Å². The third-order valence-electron chi connectivity index (χ3n) is 5.21. The molecule has 0 aromatic heterocycles. The molecule has 0 radical (unpaired) electrons. The molecule has 0 spiro atoms. The first-order chi connectivity index (χ1) is 11.6. The maximum Gasteiger partial charge on any atom is 0.188 e. The number of halogens is 2. The molecule has 3 N–H and O–H groups in total. The van der Waals surface area contributed by atoms with Crippen molar-refractivity contribution >= 4 is 29.2 Å². The fraction of sp³-hybridized carbons (Fsp3) is 0.611. The molecule has 0 bridgehead atoms. The third-order valence-corrected chi connectivity index (χ3v) is 5.76. The molecule has 1 aromatic rings. The van der Waals surface area contributed by atoms with Crippen molar-refractivity contribution in [3.63, 3.8) is 0 Å². The van der Waals surface area contributed by atoms with Crippen molar-refractivity contribution in [3.8, 4) is 0 Å². The predicted molar refractivity (Wildman–Crippen MR) is 100 cm³/mol. The lowest BCUT2D eigenvalue weighted by atomic mass is 9.74. The summed E-state index contributed by atoms with van der Waals surface area (Å²) in [5, 5.41) is 4.70. The number of benzene rings is 1. The molecule has 132 valence electrons. The van der Waals surface area contributed by atoms with E-state index in [-0.39, 0.29) is 5.41 Å². The van der Waals surface area contributed by atoms with Crippen molar-refractivity contribution in [2.45, 2.75) is 50.0 Å². The first-order valence-corrected chi connectivity index (χ1v) is 9.44. The Labute approximate surface area is 153 Å². The van der Waals surface area contributed by atoms with Gasteiger partial charge in [-0.25, -0.2) is 0 Å². The largest absolute Gasteiger partial charge is 0.381 e. The second-order valence-corrected chi connectivity index (χ2v) is 7.69. The van der Waals surface area contributed by atoms with Crippen molar-refractivity contribution < 1.29 is 4.74 Å². The highest BCUT2D eigenvalue weighted by atomic mass is 35.5. The molecule has 0 unspecified atom stereocenters. The van der Waals surface area contributed by atoms with Crippen molar-refractivity contribution in [1.82, 2.24) is 5.32 Å². The first-order valence-electron chi connectivity index (χ1n) is 8.69. The number of nitrogens with one attached hydrogen (secondary N) is 1. The van der Waals surface area contributed by atoms with E-state index >= 15 is 0 Å². The van der Waals surface area contributed by atoms with E-state index in [0.29, 0.717) is 41.8 Å². The van der Waals surface area contributed by atoms with Crippen molar-refractivity contribution in [2.24, 2.45) is 10.7 Å². The van der Waals surface area contributed by atoms with E-state index in [9.17, 15) is 0 Å². The van der Waals surface area contributed by atoms with Crippen LogP contribution in [0.3, 0.4) is 0 Å². The minimum Gasteiger partial charge on any atom is -0.381 e. The van der Waals surface area contributed by atoms with E-state index in [2.05, 4.69) is 10.3 Å². The average molecular weight is 370 g/mol. The van der Waals surface area contributed by atoms with Gasteiger partial charge in [-0.15, -0.1) is 0 Å². The maximum absolute atomic E-state index is 6.48. The molecular weight excluding hydrogens is 345 g/mol. The molecule has 0 atom stereocenters. The average Bonchev–Trinajstić information content (AvgIpc) is 3.07. The van der Waals surface area contributed by atoms with Gasteiger partial charge in [-0.2, -0.15) is 0 Å². The molecule has 6 heteroatoms. The summed E-state index contributed by atoms with van der Waals surface area (Å²) in [6.07, 6.45) is 6.67. The molecule has 1 heterocycles. The van der Waals surface area contributed by atoms with Crippen LogP contribution in [0, 0.1) is 0 Å². The SMILES string of the molecule is NC(=NCC1(c2ccc(Cl)cc2Cl)CCOCC1)NC1CCCC1. The van der Waals surface area contributed by atoms with Gasteiger partial charge in [0.1, 0.15) is 0 Å². The van der Waals surface area contributed by atoms with Crippen LogP contribution < -0.4 is 11.1 Å². The summed E-state index contributed by atoms with van der Waals surface area (Å²) >= 11 is 12.5. The van der Waals surface area contributed by atoms with E-state index in [1.54, 1.807) is 6.07 Å². The van der Waals surface area contributed by atoms with Gasteiger partial charge in [0.2, 0.25) is 0 Å². The Kier molecular flexibility index (Phi) is 5.90. The van der Waals surface area contributed by atoms with Crippen LogP contribution >= 0.6 is 23.2 Å². The molecule has 2 aliphatic rings. The number of hydrogen-bond donors (Lipinski definition) is 2. The van der Waals surface area contributed by atoms with Gasteiger partial charge in [-0.05, 0) is 43.4 Å². The monoisotopic (exact) mass is 369 g/mol. The van der Waals surface area contributed by atoms with Crippen LogP contribution in [0.4, 0.5) is 0 Å². The highest BCUT2D eigenvalue weighted by Gasteiger charge is 2.36. The van der Waals surface area contributed by atoms with E-state index in [0.717, 1.165) is 18.4 Å². The number of hydrogen-bond acceptors (Lipinski definition) is 2. The Hall–Kier alpha value is -0.970. The Morgan fingerprint density at radius 2 is 1.96 bits per heavy atom. The lowest BCUT2D eigenvalue weighted by molar-refractivity contribution is 0.0531. The molecule has 1 aromatic carbocycles. The number of aliphatic imine (C=N–C) groups is 1. The molecule has 2 fully saturated rings. The van der Waals surface area contributed by atoms with Crippen molar-refractivity contribution in [2.75, 3.05) is 19.8 Å². The molecule has 3 rings (SSSR count).